The molecular weight excluding hydrogens is 196 g/mol. The summed E-state index contributed by atoms with van der Waals surface area (Å²) in [5, 5.41) is 0. The molecule has 2 rings (SSSR count). The van der Waals surface area contributed by atoms with E-state index in [2.05, 4.69) is 13.8 Å². The van der Waals surface area contributed by atoms with E-state index in [-0.39, 0.29) is 5.41 Å². The summed E-state index contributed by atoms with van der Waals surface area (Å²) in [6.07, 6.45) is 11.2. The average molecular weight is 222 g/mol. The lowest BCUT2D eigenvalue weighted by Crippen LogP contribution is -2.34. The quantitative estimate of drug-likeness (QED) is 0.693. The largest absolute Gasteiger partial charge is 0.299 e. The van der Waals surface area contributed by atoms with Crippen LogP contribution < -0.4 is 0 Å². The smallest absolute Gasteiger partial charge is 0.136 e. The van der Waals surface area contributed by atoms with Crippen LogP contribution in [0.1, 0.15) is 71.6 Å². The first-order valence-electron chi connectivity index (χ1n) is 7.12. The normalized spacial score (nSPS) is 30.5. The van der Waals surface area contributed by atoms with Gasteiger partial charge in [0.25, 0.3) is 0 Å². The van der Waals surface area contributed by atoms with E-state index in [0.29, 0.717) is 11.7 Å². The summed E-state index contributed by atoms with van der Waals surface area (Å²) >= 11 is 0. The minimum absolute atomic E-state index is 0.272. The Kier molecular flexibility index (Phi) is 3.71. The molecule has 1 heteroatoms. The van der Waals surface area contributed by atoms with E-state index in [9.17, 15) is 4.79 Å². The number of rotatable bonds is 3. The monoisotopic (exact) mass is 222 g/mol. The third kappa shape index (κ3) is 2.67. The Balaban J connectivity index is 1.91. The molecular formula is C15H26O. The van der Waals surface area contributed by atoms with Gasteiger partial charge >= 0.3 is 0 Å². The summed E-state index contributed by atoms with van der Waals surface area (Å²) in [6.45, 7) is 4.59. The number of carbonyl (C=O) groups is 1. The Bertz CT molecular complexity index is 248. The lowest BCUT2D eigenvalue weighted by atomic mass is 9.66. The Morgan fingerprint density at radius 3 is 2.31 bits per heavy atom. The molecule has 0 amide bonds. The molecule has 1 unspecified atom stereocenters. The molecule has 0 heterocycles. The summed E-state index contributed by atoms with van der Waals surface area (Å²) in [4.78, 5) is 12.4. The van der Waals surface area contributed by atoms with Gasteiger partial charge in [-0.2, -0.15) is 0 Å². The van der Waals surface area contributed by atoms with Crippen LogP contribution in [0, 0.1) is 17.3 Å². The van der Waals surface area contributed by atoms with Crippen molar-refractivity contribution in [3.05, 3.63) is 0 Å². The highest BCUT2D eigenvalue weighted by Crippen LogP contribution is 2.42. The van der Waals surface area contributed by atoms with Gasteiger partial charge in [-0.05, 0) is 24.2 Å². The molecule has 0 N–H and O–H groups in total. The molecule has 2 aliphatic carbocycles. The van der Waals surface area contributed by atoms with E-state index in [1.54, 1.807) is 0 Å². The minimum Gasteiger partial charge on any atom is -0.299 e. The minimum atomic E-state index is 0.272. The SMILES string of the molecule is CC1(C)CCCCC1C(=O)CC1CCCC1. The van der Waals surface area contributed by atoms with E-state index in [1.807, 2.05) is 0 Å². The predicted molar refractivity (Wildman–Crippen MR) is 67.3 cm³/mol. The molecule has 0 aromatic rings. The van der Waals surface area contributed by atoms with Crippen LogP contribution in [0.3, 0.4) is 0 Å². The number of hydrogen-bond acceptors (Lipinski definition) is 1. The first-order valence-corrected chi connectivity index (χ1v) is 7.12. The molecule has 2 fully saturated rings. The fraction of sp³-hybridized carbons (Fsp3) is 0.933. The summed E-state index contributed by atoms with van der Waals surface area (Å²) in [7, 11) is 0. The predicted octanol–water partition coefficient (Wildman–Crippen LogP) is 4.35. The van der Waals surface area contributed by atoms with Crippen LogP contribution in [0.4, 0.5) is 0 Å². The van der Waals surface area contributed by atoms with Crippen LogP contribution in [0.25, 0.3) is 0 Å². The van der Waals surface area contributed by atoms with E-state index < -0.39 is 0 Å². The molecule has 0 aromatic heterocycles. The van der Waals surface area contributed by atoms with Gasteiger partial charge in [-0.1, -0.05) is 52.4 Å². The summed E-state index contributed by atoms with van der Waals surface area (Å²) in [5.74, 6) is 1.67. The Hall–Kier alpha value is -0.330. The Labute approximate surface area is 100.0 Å². The van der Waals surface area contributed by atoms with Crippen molar-refractivity contribution in [1.29, 1.82) is 0 Å². The van der Waals surface area contributed by atoms with Crippen molar-refractivity contribution in [2.45, 2.75) is 71.6 Å². The molecule has 1 nitrogen and oxygen atoms in total. The van der Waals surface area contributed by atoms with Crippen LogP contribution in [-0.4, -0.2) is 5.78 Å². The summed E-state index contributed by atoms with van der Waals surface area (Å²) in [6, 6.07) is 0. The second kappa shape index (κ2) is 4.89. The number of hydrogen-bond donors (Lipinski definition) is 0. The van der Waals surface area contributed by atoms with E-state index in [4.69, 9.17) is 0 Å². The number of ketones is 1. The third-order valence-electron chi connectivity index (χ3n) is 4.86. The van der Waals surface area contributed by atoms with Crippen molar-refractivity contribution in [3.8, 4) is 0 Å². The zero-order chi connectivity index (χ0) is 11.6. The summed E-state index contributed by atoms with van der Waals surface area (Å²) < 4.78 is 0. The average Bonchev–Trinajstić information content (AvgIpc) is 2.69. The van der Waals surface area contributed by atoms with Gasteiger partial charge in [-0.15, -0.1) is 0 Å². The first kappa shape index (κ1) is 12.1. The maximum Gasteiger partial charge on any atom is 0.136 e. The van der Waals surface area contributed by atoms with E-state index >= 15 is 0 Å². The van der Waals surface area contributed by atoms with E-state index in [0.717, 1.165) is 18.8 Å². The number of carbonyl (C=O) groups excluding carboxylic acids is 1. The molecule has 1 atom stereocenters. The number of Topliss-reactive ketones (excluding diaryl/α,β-unsaturated/α-hetero) is 1. The summed E-state index contributed by atoms with van der Waals surface area (Å²) in [5.41, 5.74) is 0.272. The fourth-order valence-corrected chi connectivity index (χ4v) is 3.73. The molecule has 0 aliphatic heterocycles. The molecule has 0 saturated heterocycles. The molecule has 0 spiro atoms. The van der Waals surface area contributed by atoms with Gasteiger partial charge in [0, 0.05) is 12.3 Å². The third-order valence-corrected chi connectivity index (χ3v) is 4.86. The lowest BCUT2D eigenvalue weighted by molar-refractivity contribution is -0.128. The van der Waals surface area contributed by atoms with E-state index in [1.165, 1.54) is 44.9 Å². The van der Waals surface area contributed by atoms with Crippen LogP contribution in [0.5, 0.6) is 0 Å². The molecule has 0 bridgehead atoms. The van der Waals surface area contributed by atoms with Crippen LogP contribution >= 0.6 is 0 Å². The van der Waals surface area contributed by atoms with Crippen LogP contribution in [0.15, 0.2) is 0 Å². The first-order chi connectivity index (χ1) is 7.59. The maximum atomic E-state index is 12.4. The second-order valence-corrected chi connectivity index (χ2v) is 6.61. The maximum absolute atomic E-state index is 12.4. The topological polar surface area (TPSA) is 17.1 Å². The second-order valence-electron chi connectivity index (χ2n) is 6.61. The van der Waals surface area contributed by atoms with Crippen molar-refractivity contribution in [2.75, 3.05) is 0 Å². The van der Waals surface area contributed by atoms with Crippen molar-refractivity contribution in [2.24, 2.45) is 17.3 Å². The van der Waals surface area contributed by atoms with Crippen molar-refractivity contribution >= 4 is 5.78 Å². The Morgan fingerprint density at radius 2 is 1.69 bits per heavy atom. The molecule has 2 aliphatic rings. The molecule has 92 valence electrons. The van der Waals surface area contributed by atoms with Gasteiger partial charge in [0.15, 0.2) is 0 Å². The molecule has 2 saturated carbocycles. The lowest BCUT2D eigenvalue weighted by Gasteiger charge is -2.38. The molecule has 0 aromatic carbocycles. The van der Waals surface area contributed by atoms with Crippen molar-refractivity contribution < 1.29 is 4.79 Å². The zero-order valence-electron chi connectivity index (χ0n) is 10.9. The highest BCUT2D eigenvalue weighted by atomic mass is 16.1. The standard InChI is InChI=1S/C15H26O/c1-15(2)10-6-5-9-13(15)14(16)11-12-7-3-4-8-12/h12-13H,3-11H2,1-2H3. The van der Waals surface area contributed by atoms with Crippen molar-refractivity contribution in [1.82, 2.24) is 0 Å². The van der Waals surface area contributed by atoms with Gasteiger partial charge in [0.2, 0.25) is 0 Å². The zero-order valence-corrected chi connectivity index (χ0v) is 10.9. The highest BCUT2D eigenvalue weighted by molar-refractivity contribution is 5.82. The van der Waals surface area contributed by atoms with Gasteiger partial charge < -0.3 is 0 Å². The van der Waals surface area contributed by atoms with Crippen molar-refractivity contribution in [3.63, 3.8) is 0 Å². The van der Waals surface area contributed by atoms with Gasteiger partial charge in [0.05, 0.1) is 0 Å². The fourth-order valence-electron chi connectivity index (χ4n) is 3.73. The Morgan fingerprint density at radius 1 is 1.06 bits per heavy atom. The van der Waals surface area contributed by atoms with Crippen LogP contribution in [0.2, 0.25) is 0 Å². The highest BCUT2D eigenvalue weighted by Gasteiger charge is 2.37. The molecule has 16 heavy (non-hydrogen) atoms. The molecule has 0 radical (unpaired) electrons. The van der Waals surface area contributed by atoms with Gasteiger partial charge in [-0.25, -0.2) is 0 Å². The van der Waals surface area contributed by atoms with Crippen LogP contribution in [-0.2, 0) is 4.79 Å². The van der Waals surface area contributed by atoms with Gasteiger partial charge in [0.1, 0.15) is 5.78 Å². The van der Waals surface area contributed by atoms with Gasteiger partial charge in [-0.3, -0.25) is 4.79 Å².